The number of hydrogen-bond acceptors (Lipinski definition) is 5. The molecule has 1 N–H and O–H groups in total. The van der Waals surface area contributed by atoms with Crippen LogP contribution in [0, 0.1) is 0 Å². The Hall–Kier alpha value is -2.57. The molecule has 1 unspecified atom stereocenters. The highest BCUT2D eigenvalue weighted by Gasteiger charge is 2.38. The van der Waals surface area contributed by atoms with E-state index in [1.54, 1.807) is 26.4 Å². The van der Waals surface area contributed by atoms with Gasteiger partial charge in [-0.2, -0.15) is 0 Å². The minimum absolute atomic E-state index is 0.0178. The molecule has 0 spiro atoms. The monoisotopic (exact) mass is 383 g/mol. The minimum atomic E-state index is -0.925. The fraction of sp³-hybridized carbons (Fsp3) is 0.409. The standard InChI is InChI=1S/C22H25NO5/c1-26-17-9-10-20(27-2)18(12-17)19-4-3-11-23(19)21(24)15-5-7-16(8-6-15)22(25)13-28-14-22/h5-10,12,19,25H,3-4,11,13-14H2,1-2H3. The maximum Gasteiger partial charge on any atom is 0.254 e. The van der Waals surface area contributed by atoms with Gasteiger partial charge in [-0.1, -0.05) is 12.1 Å². The van der Waals surface area contributed by atoms with Crippen molar-refractivity contribution in [2.45, 2.75) is 24.5 Å². The first-order valence-corrected chi connectivity index (χ1v) is 9.49. The largest absolute Gasteiger partial charge is 0.497 e. The molecule has 2 fully saturated rings. The zero-order valence-electron chi connectivity index (χ0n) is 16.2. The minimum Gasteiger partial charge on any atom is -0.497 e. The first kappa shape index (κ1) is 18.8. The summed E-state index contributed by atoms with van der Waals surface area (Å²) in [5, 5.41) is 10.4. The molecule has 0 aromatic heterocycles. The van der Waals surface area contributed by atoms with Crippen LogP contribution >= 0.6 is 0 Å². The van der Waals surface area contributed by atoms with E-state index in [4.69, 9.17) is 14.2 Å². The highest BCUT2D eigenvalue weighted by atomic mass is 16.5. The van der Waals surface area contributed by atoms with Crippen LogP contribution in [0.1, 0.15) is 40.4 Å². The molecular weight excluding hydrogens is 358 g/mol. The van der Waals surface area contributed by atoms with E-state index in [1.165, 1.54) is 0 Å². The Morgan fingerprint density at radius 3 is 2.50 bits per heavy atom. The van der Waals surface area contributed by atoms with Gasteiger partial charge in [0.25, 0.3) is 5.91 Å². The Labute approximate surface area is 164 Å². The second-order valence-corrected chi connectivity index (χ2v) is 7.37. The lowest BCUT2D eigenvalue weighted by Crippen LogP contribution is -2.46. The summed E-state index contributed by atoms with van der Waals surface area (Å²) in [6, 6.07) is 12.8. The zero-order chi connectivity index (χ0) is 19.7. The molecule has 0 radical (unpaired) electrons. The van der Waals surface area contributed by atoms with Crippen molar-refractivity contribution in [1.82, 2.24) is 4.90 Å². The van der Waals surface area contributed by atoms with Crippen LogP contribution in [-0.4, -0.2) is 49.9 Å². The summed E-state index contributed by atoms with van der Waals surface area (Å²) in [5.41, 5.74) is 1.43. The van der Waals surface area contributed by atoms with Crippen molar-refractivity contribution in [3.05, 3.63) is 59.2 Å². The van der Waals surface area contributed by atoms with E-state index in [-0.39, 0.29) is 11.9 Å². The number of aliphatic hydroxyl groups is 1. The van der Waals surface area contributed by atoms with Crippen LogP contribution < -0.4 is 9.47 Å². The van der Waals surface area contributed by atoms with Crippen molar-refractivity contribution >= 4 is 5.91 Å². The van der Waals surface area contributed by atoms with Crippen molar-refractivity contribution < 1.29 is 24.1 Å². The van der Waals surface area contributed by atoms with Gasteiger partial charge in [-0.05, 0) is 48.7 Å². The normalized spacial score (nSPS) is 20.5. The Kier molecular flexibility index (Phi) is 5.00. The summed E-state index contributed by atoms with van der Waals surface area (Å²) in [7, 11) is 3.27. The van der Waals surface area contributed by atoms with Crippen molar-refractivity contribution in [2.75, 3.05) is 34.0 Å². The predicted molar refractivity (Wildman–Crippen MR) is 104 cm³/mol. The second-order valence-electron chi connectivity index (χ2n) is 7.37. The third-order valence-corrected chi connectivity index (χ3v) is 5.66. The summed E-state index contributed by atoms with van der Waals surface area (Å²) in [5.74, 6) is 1.49. The Balaban J connectivity index is 1.59. The smallest absolute Gasteiger partial charge is 0.254 e. The van der Waals surface area contributed by atoms with Crippen LogP contribution in [-0.2, 0) is 10.3 Å². The highest BCUT2D eigenvalue weighted by molar-refractivity contribution is 5.94. The predicted octanol–water partition coefficient (Wildman–Crippen LogP) is 2.90. The average Bonchev–Trinajstić information content (AvgIpc) is 3.20. The van der Waals surface area contributed by atoms with Crippen molar-refractivity contribution in [3.63, 3.8) is 0 Å². The van der Waals surface area contributed by atoms with Gasteiger partial charge in [0.15, 0.2) is 0 Å². The molecule has 6 nitrogen and oxygen atoms in total. The fourth-order valence-corrected chi connectivity index (χ4v) is 3.98. The first-order chi connectivity index (χ1) is 13.6. The number of nitrogens with zero attached hydrogens (tertiary/aromatic N) is 1. The van der Waals surface area contributed by atoms with Gasteiger partial charge in [0.05, 0.1) is 33.5 Å². The number of rotatable bonds is 5. The summed E-state index contributed by atoms with van der Waals surface area (Å²) in [6.45, 7) is 1.29. The molecule has 0 saturated carbocycles. The number of carbonyl (C=O) groups excluding carboxylic acids is 1. The maximum atomic E-state index is 13.2. The number of amides is 1. The van der Waals surface area contributed by atoms with Gasteiger partial charge in [-0.3, -0.25) is 4.79 Å². The Morgan fingerprint density at radius 2 is 1.89 bits per heavy atom. The Morgan fingerprint density at radius 1 is 1.14 bits per heavy atom. The van der Waals surface area contributed by atoms with E-state index >= 15 is 0 Å². The number of methoxy groups -OCH3 is 2. The molecule has 2 aromatic carbocycles. The third-order valence-electron chi connectivity index (χ3n) is 5.66. The van der Waals surface area contributed by atoms with Crippen LogP contribution in [0.5, 0.6) is 11.5 Å². The summed E-state index contributed by atoms with van der Waals surface area (Å²) < 4.78 is 16.0. The van der Waals surface area contributed by atoms with E-state index in [0.29, 0.717) is 25.3 Å². The van der Waals surface area contributed by atoms with Crippen molar-refractivity contribution in [3.8, 4) is 11.5 Å². The molecule has 2 aliphatic heterocycles. The van der Waals surface area contributed by atoms with E-state index in [2.05, 4.69) is 0 Å². The van der Waals surface area contributed by atoms with Crippen LogP contribution in [0.25, 0.3) is 0 Å². The molecule has 148 valence electrons. The van der Waals surface area contributed by atoms with Gasteiger partial charge in [-0.25, -0.2) is 0 Å². The number of hydrogen-bond donors (Lipinski definition) is 1. The molecule has 1 atom stereocenters. The molecule has 1 amide bonds. The van der Waals surface area contributed by atoms with Gasteiger partial charge in [0.2, 0.25) is 0 Å². The van der Waals surface area contributed by atoms with Gasteiger partial charge in [0, 0.05) is 17.7 Å². The molecule has 0 bridgehead atoms. The van der Waals surface area contributed by atoms with Crippen LogP contribution in [0.15, 0.2) is 42.5 Å². The molecule has 2 aromatic rings. The van der Waals surface area contributed by atoms with Crippen LogP contribution in [0.2, 0.25) is 0 Å². The number of ether oxygens (including phenoxy) is 3. The summed E-state index contributed by atoms with van der Waals surface area (Å²) in [6.07, 6.45) is 1.82. The Bertz CT molecular complexity index is 860. The first-order valence-electron chi connectivity index (χ1n) is 9.49. The maximum absolute atomic E-state index is 13.2. The summed E-state index contributed by atoms with van der Waals surface area (Å²) >= 11 is 0. The molecule has 6 heteroatoms. The van der Waals surface area contributed by atoms with Gasteiger partial charge in [0.1, 0.15) is 17.1 Å². The molecular formula is C22H25NO5. The lowest BCUT2D eigenvalue weighted by molar-refractivity contribution is -0.184. The summed E-state index contributed by atoms with van der Waals surface area (Å²) in [4.78, 5) is 15.1. The zero-order valence-corrected chi connectivity index (χ0v) is 16.2. The number of carbonyl (C=O) groups is 1. The lowest BCUT2D eigenvalue weighted by atomic mass is 9.91. The van der Waals surface area contributed by atoms with Crippen LogP contribution in [0.4, 0.5) is 0 Å². The van der Waals surface area contributed by atoms with Gasteiger partial charge in [-0.15, -0.1) is 0 Å². The number of likely N-dealkylation sites (tertiary alicyclic amines) is 1. The van der Waals surface area contributed by atoms with Crippen molar-refractivity contribution in [2.24, 2.45) is 0 Å². The SMILES string of the molecule is COc1ccc(OC)c(C2CCCN2C(=O)c2ccc(C3(O)COC3)cc2)c1. The topological polar surface area (TPSA) is 68.2 Å². The molecule has 28 heavy (non-hydrogen) atoms. The van der Waals surface area contributed by atoms with E-state index in [1.807, 2.05) is 35.2 Å². The second kappa shape index (κ2) is 7.45. The van der Waals surface area contributed by atoms with E-state index in [9.17, 15) is 9.90 Å². The fourth-order valence-electron chi connectivity index (χ4n) is 3.98. The molecule has 4 rings (SSSR count). The molecule has 2 heterocycles. The molecule has 2 saturated heterocycles. The quantitative estimate of drug-likeness (QED) is 0.860. The van der Waals surface area contributed by atoms with Gasteiger partial charge < -0.3 is 24.2 Å². The average molecular weight is 383 g/mol. The van der Waals surface area contributed by atoms with E-state index < -0.39 is 5.60 Å². The van der Waals surface area contributed by atoms with Gasteiger partial charge >= 0.3 is 0 Å². The van der Waals surface area contributed by atoms with Crippen LogP contribution in [0.3, 0.4) is 0 Å². The highest BCUT2D eigenvalue weighted by Crippen LogP contribution is 2.39. The number of benzene rings is 2. The van der Waals surface area contributed by atoms with E-state index in [0.717, 1.165) is 35.5 Å². The molecule has 2 aliphatic rings. The third kappa shape index (κ3) is 3.23. The van der Waals surface area contributed by atoms with Crippen molar-refractivity contribution in [1.29, 1.82) is 0 Å². The molecule has 0 aliphatic carbocycles. The lowest BCUT2D eigenvalue weighted by Gasteiger charge is -2.36.